The number of nitrogens with zero attached hydrogens (tertiary/aromatic N) is 2. The molecule has 2 rings (SSSR count). The van der Waals surface area contributed by atoms with Crippen LogP contribution in [0.15, 0.2) is 27.6 Å². The van der Waals surface area contributed by atoms with Gasteiger partial charge in [-0.1, -0.05) is 15.9 Å². The number of halogens is 1. The quantitative estimate of drug-likeness (QED) is 0.832. The topological polar surface area (TPSA) is 65.6 Å². The van der Waals surface area contributed by atoms with E-state index in [1.54, 1.807) is 22.5 Å². The Hall–Kier alpha value is -0.940. The second kappa shape index (κ2) is 7.09. The molecule has 0 spiro atoms. The fourth-order valence-electron chi connectivity index (χ4n) is 2.65. The first kappa shape index (κ1) is 17.4. The van der Waals surface area contributed by atoms with Crippen molar-refractivity contribution in [2.45, 2.75) is 18.7 Å². The number of aryl methyl sites for hydroxylation is 1. The van der Waals surface area contributed by atoms with Gasteiger partial charge in [-0.15, -0.1) is 0 Å². The maximum Gasteiger partial charge on any atom is 0.243 e. The summed E-state index contributed by atoms with van der Waals surface area (Å²) in [5, 5.41) is 8.87. The fraction of sp³-hybridized carbons (Fsp3) is 0.533. The van der Waals surface area contributed by atoms with Crippen molar-refractivity contribution >= 4 is 26.0 Å². The van der Waals surface area contributed by atoms with Crippen LogP contribution in [0.25, 0.3) is 0 Å². The predicted octanol–water partition coefficient (Wildman–Crippen LogP) is 0.806. The molecule has 1 saturated heterocycles. The number of rotatable bonds is 4. The van der Waals surface area contributed by atoms with Crippen molar-refractivity contribution in [1.29, 1.82) is 5.26 Å². The van der Waals surface area contributed by atoms with Gasteiger partial charge in [0.25, 0.3) is 0 Å². The summed E-state index contributed by atoms with van der Waals surface area (Å²) in [7, 11) is -3.42. The van der Waals surface area contributed by atoms with Gasteiger partial charge < -0.3 is 4.90 Å². The maximum absolute atomic E-state index is 12.7. The highest BCUT2D eigenvalue weighted by Gasteiger charge is 2.31. The zero-order chi connectivity index (χ0) is 16.3. The van der Waals surface area contributed by atoms with Gasteiger partial charge in [0.15, 0.2) is 0 Å². The van der Waals surface area contributed by atoms with E-state index in [1.807, 2.05) is 13.8 Å². The SMILES string of the molecule is Cc1cc(S(=O)(=O)N2CC[NH+](C[C@H](C)C#N)CC2)ccc1Br. The minimum absolute atomic E-state index is 0.00674. The third kappa shape index (κ3) is 3.87. The van der Waals surface area contributed by atoms with Crippen LogP contribution in [-0.2, 0) is 10.0 Å². The summed E-state index contributed by atoms with van der Waals surface area (Å²) in [5.41, 5.74) is 0.910. The molecule has 1 aromatic rings. The van der Waals surface area contributed by atoms with E-state index in [0.717, 1.165) is 29.7 Å². The molecule has 0 aliphatic carbocycles. The van der Waals surface area contributed by atoms with Crippen LogP contribution < -0.4 is 4.90 Å². The number of piperazine rings is 1. The van der Waals surface area contributed by atoms with Crippen LogP contribution in [0, 0.1) is 24.2 Å². The number of benzene rings is 1. The average molecular weight is 387 g/mol. The lowest BCUT2D eigenvalue weighted by molar-refractivity contribution is -0.905. The molecule has 1 aliphatic rings. The largest absolute Gasteiger partial charge is 0.332 e. The molecule has 0 bridgehead atoms. The maximum atomic E-state index is 12.7. The smallest absolute Gasteiger partial charge is 0.243 e. The van der Waals surface area contributed by atoms with Crippen molar-refractivity contribution in [2.75, 3.05) is 32.7 Å². The van der Waals surface area contributed by atoms with Gasteiger partial charge in [0, 0.05) is 4.47 Å². The van der Waals surface area contributed by atoms with Crippen molar-refractivity contribution in [3.63, 3.8) is 0 Å². The van der Waals surface area contributed by atoms with E-state index in [9.17, 15) is 8.42 Å². The van der Waals surface area contributed by atoms with E-state index in [4.69, 9.17) is 5.26 Å². The average Bonchev–Trinajstić information content (AvgIpc) is 2.50. The van der Waals surface area contributed by atoms with Gasteiger partial charge in [-0.25, -0.2) is 8.42 Å². The summed E-state index contributed by atoms with van der Waals surface area (Å²) in [6.07, 6.45) is 0. The molecule has 1 N–H and O–H groups in total. The molecule has 7 heteroatoms. The number of quaternary nitrogens is 1. The molecule has 1 aromatic carbocycles. The van der Waals surface area contributed by atoms with Gasteiger partial charge in [0.1, 0.15) is 0 Å². The van der Waals surface area contributed by atoms with Crippen LogP contribution in [0.4, 0.5) is 0 Å². The Labute approximate surface area is 140 Å². The molecule has 0 amide bonds. The van der Waals surface area contributed by atoms with Crippen molar-refractivity contribution in [3.8, 4) is 6.07 Å². The molecule has 1 heterocycles. The first-order chi connectivity index (χ1) is 10.3. The van der Waals surface area contributed by atoms with E-state index < -0.39 is 10.0 Å². The summed E-state index contributed by atoms with van der Waals surface area (Å²) in [5.74, 6) is 0.00674. The standard InChI is InChI=1S/C15H20BrN3O2S/c1-12(10-17)11-18-5-7-19(8-6-18)22(20,21)14-3-4-15(16)13(2)9-14/h3-4,9,12H,5-8,11H2,1-2H3/p+1/t12-/m1/s1. The normalized spacial score (nSPS) is 18.8. The Morgan fingerprint density at radius 1 is 1.41 bits per heavy atom. The van der Waals surface area contributed by atoms with Crippen LogP contribution in [0.1, 0.15) is 12.5 Å². The molecular formula is C15H21BrN3O2S+. The van der Waals surface area contributed by atoms with E-state index in [1.165, 1.54) is 4.90 Å². The highest BCUT2D eigenvalue weighted by Crippen LogP contribution is 2.22. The zero-order valence-corrected chi connectivity index (χ0v) is 15.2. The molecule has 1 fully saturated rings. The van der Waals surface area contributed by atoms with Crippen molar-refractivity contribution in [2.24, 2.45) is 5.92 Å². The fourth-order valence-corrected chi connectivity index (χ4v) is 4.43. The highest BCUT2D eigenvalue weighted by molar-refractivity contribution is 9.10. The lowest BCUT2D eigenvalue weighted by Crippen LogP contribution is -3.15. The number of sulfonamides is 1. The van der Waals surface area contributed by atoms with Crippen LogP contribution >= 0.6 is 15.9 Å². The molecule has 1 aliphatic heterocycles. The highest BCUT2D eigenvalue weighted by atomic mass is 79.9. The third-order valence-corrected chi connectivity index (χ3v) is 6.80. The zero-order valence-electron chi connectivity index (χ0n) is 12.8. The summed E-state index contributed by atoms with van der Waals surface area (Å²) >= 11 is 3.39. The Morgan fingerprint density at radius 2 is 2.05 bits per heavy atom. The monoisotopic (exact) mass is 386 g/mol. The van der Waals surface area contributed by atoms with Gasteiger partial charge in [0.05, 0.1) is 49.6 Å². The summed E-state index contributed by atoms with van der Waals surface area (Å²) in [6.45, 7) is 7.08. The minimum atomic E-state index is -3.42. The summed E-state index contributed by atoms with van der Waals surface area (Å²) < 4.78 is 27.8. The van der Waals surface area contributed by atoms with E-state index >= 15 is 0 Å². The molecule has 0 saturated carbocycles. The molecule has 120 valence electrons. The van der Waals surface area contributed by atoms with Crippen LogP contribution in [0.3, 0.4) is 0 Å². The number of nitriles is 1. The van der Waals surface area contributed by atoms with Crippen molar-refractivity contribution in [3.05, 3.63) is 28.2 Å². The van der Waals surface area contributed by atoms with Crippen LogP contribution in [0.2, 0.25) is 0 Å². The van der Waals surface area contributed by atoms with E-state index in [2.05, 4.69) is 22.0 Å². The van der Waals surface area contributed by atoms with Crippen LogP contribution in [0.5, 0.6) is 0 Å². The lowest BCUT2D eigenvalue weighted by Gasteiger charge is -2.32. The molecule has 1 atom stereocenters. The van der Waals surface area contributed by atoms with Gasteiger partial charge in [-0.3, -0.25) is 0 Å². The molecule has 0 aromatic heterocycles. The van der Waals surface area contributed by atoms with E-state index in [0.29, 0.717) is 18.0 Å². The number of hydrogen-bond acceptors (Lipinski definition) is 3. The predicted molar refractivity (Wildman–Crippen MR) is 88.0 cm³/mol. The molecule has 5 nitrogen and oxygen atoms in total. The van der Waals surface area contributed by atoms with Gasteiger partial charge >= 0.3 is 0 Å². The molecule has 0 unspecified atom stereocenters. The summed E-state index contributed by atoms with van der Waals surface area (Å²) in [6, 6.07) is 7.36. The first-order valence-electron chi connectivity index (χ1n) is 7.34. The number of nitrogens with one attached hydrogen (secondary N) is 1. The molecule has 22 heavy (non-hydrogen) atoms. The van der Waals surface area contributed by atoms with Gasteiger partial charge in [-0.2, -0.15) is 9.57 Å². The van der Waals surface area contributed by atoms with Crippen molar-refractivity contribution < 1.29 is 13.3 Å². The van der Waals surface area contributed by atoms with E-state index in [-0.39, 0.29) is 5.92 Å². The Balaban J connectivity index is 2.06. The lowest BCUT2D eigenvalue weighted by atomic mass is 10.2. The van der Waals surface area contributed by atoms with Crippen molar-refractivity contribution in [1.82, 2.24) is 4.31 Å². The number of hydrogen-bond donors (Lipinski definition) is 1. The molecule has 0 radical (unpaired) electrons. The third-order valence-electron chi connectivity index (χ3n) is 4.01. The Kier molecular flexibility index (Phi) is 5.61. The molecular weight excluding hydrogens is 366 g/mol. The van der Waals surface area contributed by atoms with Crippen LogP contribution in [-0.4, -0.2) is 45.4 Å². The van der Waals surface area contributed by atoms with Gasteiger partial charge in [-0.05, 0) is 37.6 Å². The second-order valence-electron chi connectivity index (χ2n) is 5.80. The van der Waals surface area contributed by atoms with Gasteiger partial charge in [0.2, 0.25) is 10.0 Å². The summed E-state index contributed by atoms with van der Waals surface area (Å²) in [4.78, 5) is 1.65. The Bertz CT molecular complexity index is 677. The first-order valence-corrected chi connectivity index (χ1v) is 9.57. The second-order valence-corrected chi connectivity index (χ2v) is 8.59. The Morgan fingerprint density at radius 3 is 2.59 bits per heavy atom. The minimum Gasteiger partial charge on any atom is -0.332 e.